The molecule has 58 valence electrons. The summed E-state index contributed by atoms with van der Waals surface area (Å²) in [5.74, 6) is 0. The van der Waals surface area contributed by atoms with Crippen LogP contribution in [0.25, 0.3) is 0 Å². The number of hydrogen-bond donors (Lipinski definition) is 2. The Balaban J connectivity index is 0. The van der Waals surface area contributed by atoms with E-state index in [-0.39, 0.29) is 6.61 Å². The van der Waals surface area contributed by atoms with Gasteiger partial charge in [-0.1, -0.05) is 0 Å². The van der Waals surface area contributed by atoms with E-state index in [4.69, 9.17) is 9.66 Å². The molecule has 9 heavy (non-hydrogen) atoms. The van der Waals surface area contributed by atoms with Gasteiger partial charge in [0, 0.05) is 6.61 Å². The number of aliphatic hydroxyl groups is 1. The first kappa shape index (κ1) is 11.6. The van der Waals surface area contributed by atoms with Crippen LogP contribution in [-0.2, 0) is 10.1 Å². The molecular weight excluding hydrogens is 151 g/mol. The average molecular weight is 160 g/mol. The Morgan fingerprint density at radius 3 is 1.67 bits per heavy atom. The second-order valence-corrected chi connectivity index (χ2v) is 2.39. The van der Waals surface area contributed by atoms with Gasteiger partial charge in [0.1, 0.15) is 0 Å². The SMILES string of the molecule is CCO.O=S(=O)(O)CF. The van der Waals surface area contributed by atoms with Crippen molar-refractivity contribution in [1.29, 1.82) is 0 Å². The van der Waals surface area contributed by atoms with E-state index in [1.54, 1.807) is 6.92 Å². The van der Waals surface area contributed by atoms with Gasteiger partial charge < -0.3 is 5.11 Å². The first-order valence-corrected chi connectivity index (χ1v) is 3.70. The van der Waals surface area contributed by atoms with Gasteiger partial charge in [0.05, 0.1) is 0 Å². The van der Waals surface area contributed by atoms with Crippen LogP contribution in [0.15, 0.2) is 0 Å². The van der Waals surface area contributed by atoms with Crippen molar-refractivity contribution in [3.8, 4) is 0 Å². The zero-order valence-electron chi connectivity index (χ0n) is 4.91. The molecule has 0 aromatic heterocycles. The molecule has 6 heteroatoms. The van der Waals surface area contributed by atoms with Crippen LogP contribution >= 0.6 is 0 Å². The molecule has 0 aromatic rings. The van der Waals surface area contributed by atoms with Gasteiger partial charge in [-0.2, -0.15) is 8.42 Å². The molecule has 0 spiro atoms. The molecule has 0 aliphatic heterocycles. The highest BCUT2D eigenvalue weighted by molar-refractivity contribution is 7.85. The fourth-order valence-corrected chi connectivity index (χ4v) is 0. The molecule has 0 rings (SSSR count). The smallest absolute Gasteiger partial charge is 0.294 e. The Hall–Kier alpha value is -0.200. The van der Waals surface area contributed by atoms with E-state index >= 15 is 0 Å². The Bertz CT molecular complexity index is 129. The number of alkyl halides is 1. The van der Waals surface area contributed by atoms with Crippen LogP contribution in [0, 0.1) is 0 Å². The van der Waals surface area contributed by atoms with E-state index in [9.17, 15) is 12.8 Å². The highest BCUT2D eigenvalue weighted by Crippen LogP contribution is 1.77. The summed E-state index contributed by atoms with van der Waals surface area (Å²) in [4.78, 5) is 0. The van der Waals surface area contributed by atoms with Gasteiger partial charge >= 0.3 is 0 Å². The molecule has 0 aliphatic carbocycles. The van der Waals surface area contributed by atoms with Gasteiger partial charge in [-0.05, 0) is 6.92 Å². The highest BCUT2D eigenvalue weighted by Gasteiger charge is 1.97. The molecule has 0 heterocycles. The number of rotatable bonds is 1. The maximum Gasteiger partial charge on any atom is 0.294 e. The lowest BCUT2D eigenvalue weighted by molar-refractivity contribution is 0.318. The lowest BCUT2D eigenvalue weighted by Crippen LogP contribution is -1.96. The Morgan fingerprint density at radius 1 is 1.56 bits per heavy atom. The molecule has 0 fully saturated rings. The summed E-state index contributed by atoms with van der Waals surface area (Å²) in [6, 6.07) is -1.70. The standard InChI is InChI=1S/C2H6O.CH3FO3S/c1-2-3;2-1-6(3,4)5/h3H,2H2,1H3;1H2,(H,3,4,5). The minimum atomic E-state index is -4.33. The van der Waals surface area contributed by atoms with Crippen LogP contribution in [0.1, 0.15) is 6.92 Å². The maximum absolute atomic E-state index is 10.7. The van der Waals surface area contributed by atoms with E-state index in [1.165, 1.54) is 0 Å². The summed E-state index contributed by atoms with van der Waals surface area (Å²) in [5, 5.41) is 7.57. The molecule has 2 N–H and O–H groups in total. The predicted octanol–water partition coefficient (Wildman–Crippen LogP) is -0.200. The summed E-state index contributed by atoms with van der Waals surface area (Å²) in [6.45, 7) is 1.93. The number of aliphatic hydroxyl groups excluding tert-OH is 1. The van der Waals surface area contributed by atoms with E-state index in [2.05, 4.69) is 0 Å². The van der Waals surface area contributed by atoms with E-state index < -0.39 is 16.1 Å². The van der Waals surface area contributed by atoms with Crippen molar-refractivity contribution >= 4 is 10.1 Å². The van der Waals surface area contributed by atoms with Crippen molar-refractivity contribution in [1.82, 2.24) is 0 Å². The molecule has 0 saturated carbocycles. The van der Waals surface area contributed by atoms with E-state index in [0.717, 1.165) is 0 Å². The summed E-state index contributed by atoms with van der Waals surface area (Å²) < 4.78 is 36.4. The lowest BCUT2D eigenvalue weighted by Gasteiger charge is -1.77. The summed E-state index contributed by atoms with van der Waals surface area (Å²) >= 11 is 0. The van der Waals surface area contributed by atoms with Crippen LogP contribution < -0.4 is 0 Å². The molecule has 0 aromatic carbocycles. The van der Waals surface area contributed by atoms with Gasteiger partial charge in [0.2, 0.25) is 6.01 Å². The quantitative estimate of drug-likeness (QED) is 0.521. The molecule has 0 saturated heterocycles. The third kappa shape index (κ3) is 33.5. The van der Waals surface area contributed by atoms with Crippen LogP contribution in [0.5, 0.6) is 0 Å². The zero-order valence-corrected chi connectivity index (χ0v) is 5.73. The van der Waals surface area contributed by atoms with E-state index in [1.807, 2.05) is 0 Å². The average Bonchev–Trinajstić information content (AvgIpc) is 1.67. The summed E-state index contributed by atoms with van der Waals surface area (Å²) in [6.07, 6.45) is 0. The van der Waals surface area contributed by atoms with Crippen molar-refractivity contribution in [2.75, 3.05) is 12.6 Å². The monoisotopic (exact) mass is 160 g/mol. The molecule has 0 radical (unpaired) electrons. The molecular formula is C3H9FO4S. The van der Waals surface area contributed by atoms with Crippen molar-refractivity contribution < 1.29 is 22.5 Å². The first-order chi connectivity index (χ1) is 3.97. The second kappa shape index (κ2) is 5.93. The van der Waals surface area contributed by atoms with Crippen LogP contribution in [0.3, 0.4) is 0 Å². The molecule has 0 unspecified atom stereocenters. The van der Waals surface area contributed by atoms with Crippen LogP contribution in [0.2, 0.25) is 0 Å². The van der Waals surface area contributed by atoms with Gasteiger partial charge in [0.15, 0.2) is 0 Å². The van der Waals surface area contributed by atoms with Gasteiger partial charge in [-0.15, -0.1) is 0 Å². The van der Waals surface area contributed by atoms with Gasteiger partial charge in [0.25, 0.3) is 10.1 Å². The fraction of sp³-hybridized carbons (Fsp3) is 1.00. The van der Waals surface area contributed by atoms with Gasteiger partial charge in [-0.25, -0.2) is 4.39 Å². The topological polar surface area (TPSA) is 74.6 Å². The minimum absolute atomic E-state index is 0.250. The Labute approximate surface area is 53.1 Å². The summed E-state index contributed by atoms with van der Waals surface area (Å²) in [7, 11) is -4.33. The summed E-state index contributed by atoms with van der Waals surface area (Å²) in [5.41, 5.74) is 0. The predicted molar refractivity (Wildman–Crippen MR) is 30.3 cm³/mol. The Kier molecular flexibility index (Phi) is 7.63. The maximum atomic E-state index is 10.7. The van der Waals surface area contributed by atoms with Crippen molar-refractivity contribution in [3.63, 3.8) is 0 Å². The van der Waals surface area contributed by atoms with Crippen molar-refractivity contribution in [2.24, 2.45) is 0 Å². The number of hydrogen-bond acceptors (Lipinski definition) is 3. The zero-order chi connectivity index (χ0) is 7.91. The second-order valence-electron chi connectivity index (χ2n) is 1.01. The third-order valence-electron chi connectivity index (χ3n) is 0.138. The number of halogens is 1. The molecule has 0 atom stereocenters. The molecule has 0 aliphatic rings. The van der Waals surface area contributed by atoms with Crippen LogP contribution in [-0.4, -0.2) is 30.7 Å². The normalized spacial score (nSPS) is 9.78. The molecule has 0 amide bonds. The van der Waals surface area contributed by atoms with Crippen molar-refractivity contribution in [2.45, 2.75) is 6.92 Å². The van der Waals surface area contributed by atoms with Crippen molar-refractivity contribution in [3.05, 3.63) is 0 Å². The third-order valence-corrected chi connectivity index (χ3v) is 0.414. The minimum Gasteiger partial charge on any atom is -0.397 e. The highest BCUT2D eigenvalue weighted by atomic mass is 32.2. The fourth-order valence-electron chi connectivity index (χ4n) is 0. The van der Waals surface area contributed by atoms with Crippen LogP contribution in [0.4, 0.5) is 4.39 Å². The van der Waals surface area contributed by atoms with E-state index in [0.29, 0.717) is 0 Å². The lowest BCUT2D eigenvalue weighted by atomic mass is 10.9. The largest absolute Gasteiger partial charge is 0.397 e. The van der Waals surface area contributed by atoms with Gasteiger partial charge in [-0.3, -0.25) is 4.55 Å². The Morgan fingerprint density at radius 2 is 1.67 bits per heavy atom. The molecule has 0 bridgehead atoms. The molecule has 4 nitrogen and oxygen atoms in total. The first-order valence-electron chi connectivity index (χ1n) is 2.10.